The summed E-state index contributed by atoms with van der Waals surface area (Å²) in [6, 6.07) is 13.6. The van der Waals surface area contributed by atoms with Gasteiger partial charge in [-0.25, -0.2) is 0 Å². The lowest BCUT2D eigenvalue weighted by molar-refractivity contribution is 0.876. The molecule has 2 nitrogen and oxygen atoms in total. The molecule has 0 radical (unpaired) electrons. The van der Waals surface area contributed by atoms with Crippen LogP contribution in [-0.4, -0.2) is 0 Å². The molecule has 0 saturated carbocycles. The molecule has 0 saturated heterocycles. The van der Waals surface area contributed by atoms with E-state index < -0.39 is 0 Å². The third-order valence-electron chi connectivity index (χ3n) is 2.92. The number of nitrogens with zero attached hydrogens (tertiary/aromatic N) is 2. The van der Waals surface area contributed by atoms with E-state index in [4.69, 9.17) is 10.5 Å². The number of rotatable bonds is 1. The molecule has 2 heteroatoms. The van der Waals surface area contributed by atoms with Crippen LogP contribution in [0.15, 0.2) is 30.3 Å². The van der Waals surface area contributed by atoms with Crippen LogP contribution in [0.1, 0.15) is 36.5 Å². The highest BCUT2D eigenvalue weighted by Crippen LogP contribution is 2.28. The van der Waals surface area contributed by atoms with Crippen LogP contribution in [0.3, 0.4) is 0 Å². The Balaban J connectivity index is 2.87. The SMILES string of the molecule is CC(C)c1ccc(C#N)c2cc(C#N)ccc12. The van der Waals surface area contributed by atoms with Crippen molar-refractivity contribution < 1.29 is 0 Å². The van der Waals surface area contributed by atoms with Crippen molar-refractivity contribution in [1.82, 2.24) is 0 Å². The number of benzene rings is 2. The third-order valence-corrected chi connectivity index (χ3v) is 2.92. The molecule has 0 spiro atoms. The molecule has 0 aliphatic carbocycles. The van der Waals surface area contributed by atoms with Gasteiger partial charge in [-0.2, -0.15) is 10.5 Å². The molecule has 0 unspecified atom stereocenters. The summed E-state index contributed by atoms with van der Waals surface area (Å²) in [5, 5.41) is 19.9. The lowest BCUT2D eigenvalue weighted by Gasteiger charge is -2.11. The molecular formula is C15H12N2. The Morgan fingerprint density at radius 1 is 0.941 bits per heavy atom. The molecule has 0 fully saturated rings. The molecule has 2 aromatic carbocycles. The van der Waals surface area contributed by atoms with Crippen molar-refractivity contribution in [3.63, 3.8) is 0 Å². The zero-order valence-corrected chi connectivity index (χ0v) is 9.86. The zero-order chi connectivity index (χ0) is 12.4. The van der Waals surface area contributed by atoms with Gasteiger partial charge in [-0.15, -0.1) is 0 Å². The van der Waals surface area contributed by atoms with Crippen molar-refractivity contribution in [1.29, 1.82) is 10.5 Å². The highest BCUT2D eigenvalue weighted by Gasteiger charge is 2.09. The van der Waals surface area contributed by atoms with Crippen molar-refractivity contribution in [2.24, 2.45) is 0 Å². The van der Waals surface area contributed by atoms with E-state index in [1.165, 1.54) is 5.56 Å². The molecular weight excluding hydrogens is 208 g/mol. The fourth-order valence-corrected chi connectivity index (χ4v) is 2.04. The molecule has 0 heterocycles. The summed E-state index contributed by atoms with van der Waals surface area (Å²) in [5.74, 6) is 0.401. The van der Waals surface area contributed by atoms with E-state index >= 15 is 0 Å². The molecule has 0 bridgehead atoms. The topological polar surface area (TPSA) is 47.6 Å². The molecule has 0 aliphatic heterocycles. The minimum atomic E-state index is 0.401. The fourth-order valence-electron chi connectivity index (χ4n) is 2.04. The maximum Gasteiger partial charge on any atom is 0.0998 e. The molecule has 2 rings (SSSR count). The van der Waals surface area contributed by atoms with Gasteiger partial charge in [-0.1, -0.05) is 26.0 Å². The first-order valence-electron chi connectivity index (χ1n) is 5.54. The van der Waals surface area contributed by atoms with Gasteiger partial charge in [0.15, 0.2) is 0 Å². The van der Waals surface area contributed by atoms with E-state index in [0.717, 1.165) is 10.8 Å². The normalized spacial score (nSPS) is 10.2. The summed E-state index contributed by atoms with van der Waals surface area (Å²) in [7, 11) is 0. The van der Waals surface area contributed by atoms with E-state index in [1.807, 2.05) is 18.2 Å². The van der Waals surface area contributed by atoms with Crippen LogP contribution >= 0.6 is 0 Å². The number of hydrogen-bond donors (Lipinski definition) is 0. The van der Waals surface area contributed by atoms with E-state index in [1.54, 1.807) is 12.1 Å². The Morgan fingerprint density at radius 3 is 2.29 bits per heavy atom. The van der Waals surface area contributed by atoms with Crippen molar-refractivity contribution in [2.75, 3.05) is 0 Å². The summed E-state index contributed by atoms with van der Waals surface area (Å²) < 4.78 is 0. The summed E-state index contributed by atoms with van der Waals surface area (Å²) in [6.45, 7) is 4.25. The second-order valence-electron chi connectivity index (χ2n) is 4.34. The van der Waals surface area contributed by atoms with E-state index in [-0.39, 0.29) is 0 Å². The summed E-state index contributed by atoms with van der Waals surface area (Å²) in [4.78, 5) is 0. The minimum Gasteiger partial charge on any atom is -0.192 e. The van der Waals surface area contributed by atoms with E-state index in [0.29, 0.717) is 17.0 Å². The largest absolute Gasteiger partial charge is 0.192 e. The molecule has 17 heavy (non-hydrogen) atoms. The first kappa shape index (κ1) is 11.2. The Labute approximate surface area is 101 Å². The standard InChI is InChI=1S/C15H12N2/c1-10(2)13-6-4-12(9-17)15-7-11(8-16)3-5-14(13)15/h3-7,10H,1-2H3. The Kier molecular flexibility index (Phi) is 2.81. The van der Waals surface area contributed by atoms with E-state index in [9.17, 15) is 0 Å². The number of fused-ring (bicyclic) bond motifs is 1. The predicted octanol–water partition coefficient (Wildman–Crippen LogP) is 3.71. The van der Waals surface area contributed by atoms with Gasteiger partial charge < -0.3 is 0 Å². The van der Waals surface area contributed by atoms with Crippen LogP contribution in [0.2, 0.25) is 0 Å². The van der Waals surface area contributed by atoms with Crippen LogP contribution in [0.5, 0.6) is 0 Å². The summed E-state index contributed by atoms with van der Waals surface area (Å²) in [5.41, 5.74) is 2.43. The van der Waals surface area contributed by atoms with Crippen LogP contribution < -0.4 is 0 Å². The lowest BCUT2D eigenvalue weighted by atomic mass is 9.92. The Bertz CT molecular complexity index is 655. The number of nitriles is 2. The van der Waals surface area contributed by atoms with Crippen LogP contribution in [0.4, 0.5) is 0 Å². The smallest absolute Gasteiger partial charge is 0.0998 e. The fraction of sp³-hybridized carbons (Fsp3) is 0.200. The van der Waals surface area contributed by atoms with Gasteiger partial charge in [0.2, 0.25) is 0 Å². The van der Waals surface area contributed by atoms with Gasteiger partial charge in [-0.05, 0) is 35.1 Å². The average molecular weight is 220 g/mol. The monoisotopic (exact) mass is 220 g/mol. The maximum absolute atomic E-state index is 9.10. The van der Waals surface area contributed by atoms with Gasteiger partial charge in [0.25, 0.3) is 0 Å². The second kappa shape index (κ2) is 4.28. The van der Waals surface area contributed by atoms with Gasteiger partial charge in [0, 0.05) is 5.39 Å². The first-order chi connectivity index (χ1) is 8.17. The molecule has 0 aliphatic rings. The van der Waals surface area contributed by atoms with E-state index in [2.05, 4.69) is 26.0 Å². The quantitative estimate of drug-likeness (QED) is 0.735. The zero-order valence-electron chi connectivity index (χ0n) is 9.86. The van der Waals surface area contributed by atoms with Crippen LogP contribution in [-0.2, 0) is 0 Å². The molecule has 0 amide bonds. The predicted molar refractivity (Wildman–Crippen MR) is 67.5 cm³/mol. The highest BCUT2D eigenvalue weighted by atomic mass is 14.3. The Hall–Kier alpha value is -2.32. The molecule has 0 N–H and O–H groups in total. The van der Waals surface area contributed by atoms with Crippen LogP contribution in [0.25, 0.3) is 10.8 Å². The molecule has 0 aromatic heterocycles. The van der Waals surface area contributed by atoms with Gasteiger partial charge in [-0.3, -0.25) is 0 Å². The maximum atomic E-state index is 9.10. The molecule has 0 atom stereocenters. The summed E-state index contributed by atoms with van der Waals surface area (Å²) >= 11 is 0. The van der Waals surface area contributed by atoms with Crippen molar-refractivity contribution >= 4 is 10.8 Å². The first-order valence-corrected chi connectivity index (χ1v) is 5.54. The lowest BCUT2D eigenvalue weighted by Crippen LogP contribution is -1.92. The minimum absolute atomic E-state index is 0.401. The van der Waals surface area contributed by atoms with Gasteiger partial charge in [0.1, 0.15) is 0 Å². The molecule has 82 valence electrons. The second-order valence-corrected chi connectivity index (χ2v) is 4.34. The van der Waals surface area contributed by atoms with Crippen molar-refractivity contribution in [3.05, 3.63) is 47.0 Å². The third kappa shape index (κ3) is 1.86. The van der Waals surface area contributed by atoms with Crippen molar-refractivity contribution in [3.8, 4) is 12.1 Å². The van der Waals surface area contributed by atoms with Crippen molar-refractivity contribution in [2.45, 2.75) is 19.8 Å². The number of hydrogen-bond acceptors (Lipinski definition) is 2. The molecule has 2 aromatic rings. The highest BCUT2D eigenvalue weighted by molar-refractivity contribution is 5.91. The van der Waals surface area contributed by atoms with Gasteiger partial charge in [0.05, 0.1) is 23.3 Å². The average Bonchev–Trinajstić information content (AvgIpc) is 2.36. The van der Waals surface area contributed by atoms with Gasteiger partial charge >= 0.3 is 0 Å². The summed E-state index contributed by atoms with van der Waals surface area (Å²) in [6.07, 6.45) is 0. The van der Waals surface area contributed by atoms with Crippen LogP contribution in [0, 0.1) is 22.7 Å². The Morgan fingerprint density at radius 2 is 1.71 bits per heavy atom.